The van der Waals surface area contributed by atoms with Gasteiger partial charge in [-0.1, -0.05) is 11.6 Å². The van der Waals surface area contributed by atoms with Gasteiger partial charge in [0.25, 0.3) is 0 Å². The van der Waals surface area contributed by atoms with Gasteiger partial charge >= 0.3 is 0 Å². The maximum absolute atomic E-state index is 6.38. The number of methoxy groups -OCH3 is 1. The number of hydrogen-bond donors (Lipinski definition) is 1. The molecule has 2 aromatic rings. The van der Waals surface area contributed by atoms with Crippen LogP contribution in [0.3, 0.4) is 0 Å². The third-order valence-electron chi connectivity index (χ3n) is 3.44. The first-order valence-electron chi connectivity index (χ1n) is 6.61. The molecule has 21 heavy (non-hydrogen) atoms. The zero-order valence-electron chi connectivity index (χ0n) is 12.6. The van der Waals surface area contributed by atoms with Gasteiger partial charge < -0.3 is 10.5 Å². The molecule has 1 heterocycles. The molecule has 1 aromatic carbocycles. The van der Waals surface area contributed by atoms with Gasteiger partial charge in [-0.2, -0.15) is 0 Å². The number of thioether (sulfide) groups is 1. The standard InChI is InChI=1S/C16H19ClN2OS/c1-9-14(17)6-13(10(2)18)16(20-3)15(9)11-5-12(21-4)8-19-7-11/h5-8,10H,18H2,1-4H3. The third kappa shape index (κ3) is 3.18. The maximum atomic E-state index is 6.38. The second-order valence-electron chi connectivity index (χ2n) is 4.88. The van der Waals surface area contributed by atoms with Crippen molar-refractivity contribution >= 4 is 23.4 Å². The number of aromatic nitrogens is 1. The number of benzene rings is 1. The Kier molecular flexibility index (Phi) is 5.14. The van der Waals surface area contributed by atoms with Gasteiger partial charge in [0.1, 0.15) is 5.75 Å². The highest BCUT2D eigenvalue weighted by Crippen LogP contribution is 2.42. The molecule has 0 fully saturated rings. The Bertz CT molecular complexity index is 659. The largest absolute Gasteiger partial charge is 0.496 e. The van der Waals surface area contributed by atoms with Crippen molar-refractivity contribution in [3.8, 4) is 16.9 Å². The van der Waals surface area contributed by atoms with E-state index in [0.717, 1.165) is 32.9 Å². The molecule has 1 atom stereocenters. The fourth-order valence-corrected chi connectivity index (χ4v) is 2.94. The van der Waals surface area contributed by atoms with Gasteiger partial charge in [-0.3, -0.25) is 4.98 Å². The molecule has 0 aliphatic carbocycles. The average molecular weight is 323 g/mol. The molecule has 0 spiro atoms. The highest BCUT2D eigenvalue weighted by Gasteiger charge is 2.19. The van der Waals surface area contributed by atoms with Crippen molar-refractivity contribution in [2.75, 3.05) is 13.4 Å². The van der Waals surface area contributed by atoms with Crippen molar-refractivity contribution in [3.05, 3.63) is 40.7 Å². The Balaban J connectivity index is 2.76. The molecule has 5 heteroatoms. The van der Waals surface area contributed by atoms with Crippen LogP contribution in [0, 0.1) is 6.92 Å². The summed E-state index contributed by atoms with van der Waals surface area (Å²) in [5.41, 5.74) is 9.87. The fraction of sp³-hybridized carbons (Fsp3) is 0.312. The molecule has 0 amide bonds. The Morgan fingerprint density at radius 1 is 1.33 bits per heavy atom. The lowest BCUT2D eigenvalue weighted by Gasteiger charge is -2.19. The summed E-state index contributed by atoms with van der Waals surface area (Å²) >= 11 is 8.03. The van der Waals surface area contributed by atoms with E-state index < -0.39 is 0 Å². The molecule has 1 aromatic heterocycles. The lowest BCUT2D eigenvalue weighted by molar-refractivity contribution is 0.408. The summed E-state index contributed by atoms with van der Waals surface area (Å²) in [5.74, 6) is 0.770. The molecule has 2 rings (SSSR count). The minimum absolute atomic E-state index is 0.159. The Hall–Kier alpha value is -1.23. The van der Waals surface area contributed by atoms with Crippen LogP contribution < -0.4 is 10.5 Å². The van der Waals surface area contributed by atoms with Crippen LogP contribution in [-0.2, 0) is 0 Å². The van der Waals surface area contributed by atoms with E-state index in [4.69, 9.17) is 22.1 Å². The monoisotopic (exact) mass is 322 g/mol. The zero-order chi connectivity index (χ0) is 15.6. The van der Waals surface area contributed by atoms with Crippen LogP contribution >= 0.6 is 23.4 Å². The smallest absolute Gasteiger partial charge is 0.131 e. The second kappa shape index (κ2) is 6.69. The summed E-state index contributed by atoms with van der Waals surface area (Å²) in [6, 6.07) is 3.81. The molecule has 2 N–H and O–H groups in total. The van der Waals surface area contributed by atoms with E-state index in [0.29, 0.717) is 5.02 Å². The topological polar surface area (TPSA) is 48.1 Å². The summed E-state index contributed by atoms with van der Waals surface area (Å²) in [6.07, 6.45) is 5.69. The molecule has 0 aliphatic heterocycles. The summed E-state index contributed by atoms with van der Waals surface area (Å²) in [4.78, 5) is 5.40. The van der Waals surface area contributed by atoms with Gasteiger partial charge in [-0.15, -0.1) is 11.8 Å². The maximum Gasteiger partial charge on any atom is 0.131 e. The van der Waals surface area contributed by atoms with Crippen LogP contribution in [-0.4, -0.2) is 18.3 Å². The van der Waals surface area contributed by atoms with Crippen molar-refractivity contribution in [1.29, 1.82) is 0 Å². The quantitative estimate of drug-likeness (QED) is 0.844. The Labute approximate surface area is 134 Å². The predicted molar refractivity (Wildman–Crippen MR) is 90.4 cm³/mol. The SMILES string of the molecule is COc1c(C(C)N)cc(Cl)c(C)c1-c1cncc(SC)c1. The van der Waals surface area contributed by atoms with Gasteiger partial charge in [-0.05, 0) is 37.8 Å². The molecule has 0 aliphatic rings. The lowest BCUT2D eigenvalue weighted by Crippen LogP contribution is -2.09. The van der Waals surface area contributed by atoms with Crippen LogP contribution in [0.2, 0.25) is 5.02 Å². The number of hydrogen-bond acceptors (Lipinski definition) is 4. The average Bonchev–Trinajstić information content (AvgIpc) is 2.49. The molecule has 3 nitrogen and oxygen atoms in total. The minimum Gasteiger partial charge on any atom is -0.496 e. The number of rotatable bonds is 4. The van der Waals surface area contributed by atoms with Crippen molar-refractivity contribution in [2.45, 2.75) is 24.8 Å². The van der Waals surface area contributed by atoms with E-state index in [-0.39, 0.29) is 6.04 Å². The predicted octanol–water partition coefficient (Wildman–Crippen LogP) is 4.46. The normalized spacial score (nSPS) is 12.3. The molecule has 112 valence electrons. The van der Waals surface area contributed by atoms with Crippen LogP contribution in [0.5, 0.6) is 5.75 Å². The highest BCUT2D eigenvalue weighted by atomic mass is 35.5. The van der Waals surface area contributed by atoms with Crippen molar-refractivity contribution < 1.29 is 4.74 Å². The summed E-state index contributed by atoms with van der Waals surface area (Å²) in [6.45, 7) is 3.90. The first kappa shape index (κ1) is 16.1. The van der Waals surface area contributed by atoms with Crippen molar-refractivity contribution in [1.82, 2.24) is 4.98 Å². The second-order valence-corrected chi connectivity index (χ2v) is 6.17. The number of nitrogens with zero attached hydrogens (tertiary/aromatic N) is 1. The zero-order valence-corrected chi connectivity index (χ0v) is 14.2. The number of pyridine rings is 1. The van der Waals surface area contributed by atoms with E-state index in [1.54, 1.807) is 18.9 Å². The third-order valence-corrected chi connectivity index (χ3v) is 4.52. The minimum atomic E-state index is -0.159. The number of ether oxygens (including phenoxy) is 1. The fourth-order valence-electron chi connectivity index (χ4n) is 2.32. The van der Waals surface area contributed by atoms with E-state index in [1.165, 1.54) is 0 Å². The lowest BCUT2D eigenvalue weighted by atomic mass is 9.95. The van der Waals surface area contributed by atoms with Crippen molar-refractivity contribution in [2.24, 2.45) is 5.73 Å². The summed E-state index contributed by atoms with van der Waals surface area (Å²) in [5, 5.41) is 0.688. The van der Waals surface area contributed by atoms with Crippen LogP contribution in [0.4, 0.5) is 0 Å². The van der Waals surface area contributed by atoms with E-state index in [2.05, 4.69) is 11.1 Å². The summed E-state index contributed by atoms with van der Waals surface area (Å²) < 4.78 is 5.63. The summed E-state index contributed by atoms with van der Waals surface area (Å²) in [7, 11) is 1.66. The first-order valence-corrected chi connectivity index (χ1v) is 8.21. The van der Waals surface area contributed by atoms with Gasteiger partial charge in [0.15, 0.2) is 0 Å². The number of nitrogens with two attached hydrogens (primary N) is 1. The molecular weight excluding hydrogens is 304 g/mol. The van der Waals surface area contributed by atoms with Crippen LogP contribution in [0.15, 0.2) is 29.4 Å². The van der Waals surface area contributed by atoms with Crippen LogP contribution in [0.25, 0.3) is 11.1 Å². The van der Waals surface area contributed by atoms with Gasteiger partial charge in [0.2, 0.25) is 0 Å². The highest BCUT2D eigenvalue weighted by molar-refractivity contribution is 7.98. The first-order chi connectivity index (χ1) is 9.99. The molecule has 0 saturated heterocycles. The van der Waals surface area contributed by atoms with Gasteiger partial charge in [0.05, 0.1) is 7.11 Å². The van der Waals surface area contributed by atoms with E-state index in [1.807, 2.05) is 38.6 Å². The molecule has 0 saturated carbocycles. The molecule has 0 radical (unpaired) electrons. The van der Waals surface area contributed by atoms with Gasteiger partial charge in [-0.25, -0.2) is 0 Å². The van der Waals surface area contributed by atoms with Crippen molar-refractivity contribution in [3.63, 3.8) is 0 Å². The van der Waals surface area contributed by atoms with Gasteiger partial charge in [0, 0.05) is 45.0 Å². The molecule has 1 unspecified atom stereocenters. The number of halogens is 1. The van der Waals surface area contributed by atoms with E-state index in [9.17, 15) is 0 Å². The Morgan fingerprint density at radius 3 is 2.62 bits per heavy atom. The van der Waals surface area contributed by atoms with Crippen LogP contribution in [0.1, 0.15) is 24.1 Å². The molecule has 0 bridgehead atoms. The molecular formula is C16H19ClN2OS. The Morgan fingerprint density at radius 2 is 2.05 bits per heavy atom. The van der Waals surface area contributed by atoms with E-state index >= 15 is 0 Å².